The van der Waals surface area contributed by atoms with Gasteiger partial charge < -0.3 is 10.2 Å². The molecule has 5 fully saturated rings. The van der Waals surface area contributed by atoms with Gasteiger partial charge in [-0.3, -0.25) is 4.79 Å². The molecular formula is C42H60N2O. The molecule has 0 spiro atoms. The van der Waals surface area contributed by atoms with Crippen molar-refractivity contribution in [2.75, 3.05) is 11.4 Å². The lowest BCUT2D eigenvalue weighted by molar-refractivity contribution is -0.123. The van der Waals surface area contributed by atoms with Crippen LogP contribution in [0.5, 0.6) is 0 Å². The summed E-state index contributed by atoms with van der Waals surface area (Å²) in [6.07, 6.45) is 19.5. The van der Waals surface area contributed by atoms with E-state index in [0.29, 0.717) is 29.2 Å². The van der Waals surface area contributed by atoms with E-state index in [-0.39, 0.29) is 11.9 Å². The van der Waals surface area contributed by atoms with Gasteiger partial charge in [0.05, 0.1) is 0 Å². The van der Waals surface area contributed by atoms with E-state index in [2.05, 4.69) is 91.7 Å². The van der Waals surface area contributed by atoms with Crippen molar-refractivity contribution in [2.45, 2.75) is 129 Å². The number of hydrogen-bond acceptors (Lipinski definition) is 2. The molecule has 4 aliphatic carbocycles. The molecule has 45 heavy (non-hydrogen) atoms. The van der Waals surface area contributed by atoms with Crippen LogP contribution < -0.4 is 10.2 Å². The van der Waals surface area contributed by atoms with Crippen LogP contribution in [0.1, 0.15) is 116 Å². The number of nitrogens with one attached hydrogen (secondary N) is 1. The number of piperidine rings is 1. The van der Waals surface area contributed by atoms with E-state index in [1.807, 2.05) is 0 Å². The van der Waals surface area contributed by atoms with Gasteiger partial charge in [-0.25, -0.2) is 0 Å². The van der Waals surface area contributed by atoms with Crippen molar-refractivity contribution in [2.24, 2.45) is 46.3 Å². The Labute approximate surface area is 274 Å². The molecule has 3 nitrogen and oxygen atoms in total. The quantitative estimate of drug-likeness (QED) is 0.323. The number of amides is 1. The van der Waals surface area contributed by atoms with Crippen LogP contribution in [-0.2, 0) is 11.2 Å². The topological polar surface area (TPSA) is 32.3 Å². The fraction of sp³-hybridized carbons (Fsp3) is 0.690. The predicted octanol–water partition coefficient (Wildman–Crippen LogP) is 9.85. The summed E-state index contributed by atoms with van der Waals surface area (Å²) in [5.74, 6) is 5.58. The van der Waals surface area contributed by atoms with Crippen LogP contribution in [0.25, 0.3) is 0 Å². The van der Waals surface area contributed by atoms with Gasteiger partial charge in [0.1, 0.15) is 0 Å². The Morgan fingerprint density at radius 2 is 1.60 bits per heavy atom. The summed E-state index contributed by atoms with van der Waals surface area (Å²) in [4.78, 5) is 16.0. The molecule has 4 saturated carbocycles. The zero-order valence-corrected chi connectivity index (χ0v) is 28.6. The molecule has 0 radical (unpaired) electrons. The summed E-state index contributed by atoms with van der Waals surface area (Å²) in [5, 5.41) is 3.52. The lowest BCUT2D eigenvalue weighted by Gasteiger charge is -2.61. The molecule has 0 aromatic heterocycles. The molecule has 1 aliphatic heterocycles. The minimum atomic E-state index is 0.265. The van der Waals surface area contributed by atoms with Gasteiger partial charge in [-0.05, 0) is 141 Å². The van der Waals surface area contributed by atoms with Gasteiger partial charge in [0, 0.05) is 30.7 Å². The first-order valence-electron chi connectivity index (χ1n) is 19.0. The molecule has 2 aromatic carbocycles. The van der Waals surface area contributed by atoms with Crippen molar-refractivity contribution >= 4 is 11.6 Å². The smallest absolute Gasteiger partial charge is 0.220 e. The van der Waals surface area contributed by atoms with Crippen molar-refractivity contribution in [1.82, 2.24) is 5.32 Å². The lowest BCUT2D eigenvalue weighted by Crippen LogP contribution is -2.53. The number of nitrogens with zero attached hydrogens (tertiary/aromatic N) is 1. The first-order chi connectivity index (χ1) is 21.8. The number of fused-ring (bicyclic) bond motifs is 5. The van der Waals surface area contributed by atoms with Crippen molar-refractivity contribution < 1.29 is 4.79 Å². The Morgan fingerprint density at radius 1 is 0.844 bits per heavy atom. The van der Waals surface area contributed by atoms with Crippen LogP contribution >= 0.6 is 0 Å². The summed E-state index contributed by atoms with van der Waals surface area (Å²) in [6, 6.07) is 22.4. The molecular weight excluding hydrogens is 548 g/mol. The Hall–Kier alpha value is -2.29. The third-order valence-corrected chi connectivity index (χ3v) is 14.7. The monoisotopic (exact) mass is 608 g/mol. The first-order valence-corrected chi connectivity index (χ1v) is 19.0. The molecule has 2 aromatic rings. The third-order valence-electron chi connectivity index (χ3n) is 14.7. The van der Waals surface area contributed by atoms with E-state index >= 15 is 0 Å². The predicted molar refractivity (Wildman–Crippen MR) is 187 cm³/mol. The largest absolute Gasteiger partial charge is 0.368 e. The molecule has 1 amide bonds. The van der Waals surface area contributed by atoms with Gasteiger partial charge >= 0.3 is 0 Å². The van der Waals surface area contributed by atoms with Crippen molar-refractivity contribution in [3.63, 3.8) is 0 Å². The standard InChI is InChI=1S/C42H60N2O/c1-30(37-20-21-38-36-19-18-32-14-10-11-25-41(32,2)39(36)23-26-42(37,38)3)17-22-40(45)43-33-24-27-44(34-15-8-5-9-16-34)35(29-33)28-31-12-6-4-7-13-31/h4-9,12-13,15-16,30,32-33,35-39H,10-11,14,17-29H2,1-3H3,(H,43,45)/t30-,32?,33?,35?,36+,37-,38+,39+,41+,42-/m1/s1. The SMILES string of the molecule is C[C@H](CCC(=O)NC1CCN(c2ccccc2)C(Cc2ccccc2)C1)[C@H]1CC[C@H]2[C@@H]3CCC4CCCC[C@]4(C)[C@H]3CC[C@]12C. The van der Waals surface area contributed by atoms with E-state index < -0.39 is 0 Å². The van der Waals surface area contributed by atoms with Gasteiger partial charge in [-0.1, -0.05) is 82.1 Å². The van der Waals surface area contributed by atoms with Gasteiger partial charge in [0.2, 0.25) is 5.91 Å². The molecule has 3 heteroatoms. The van der Waals surface area contributed by atoms with Crippen LogP contribution in [0.4, 0.5) is 5.69 Å². The normalized spacial score (nSPS) is 38.5. The summed E-state index contributed by atoms with van der Waals surface area (Å²) >= 11 is 0. The maximum Gasteiger partial charge on any atom is 0.220 e. The molecule has 1 N–H and O–H groups in total. The Balaban J connectivity index is 0.942. The number of benzene rings is 2. The minimum absolute atomic E-state index is 0.265. The lowest BCUT2D eigenvalue weighted by atomic mass is 9.44. The molecule has 244 valence electrons. The van der Waals surface area contributed by atoms with E-state index in [0.717, 1.165) is 61.8 Å². The van der Waals surface area contributed by atoms with E-state index in [4.69, 9.17) is 0 Å². The highest BCUT2D eigenvalue weighted by atomic mass is 16.1. The third kappa shape index (κ3) is 6.12. The first kappa shape index (κ1) is 31.3. The van der Waals surface area contributed by atoms with Crippen LogP contribution in [0, 0.1) is 46.3 Å². The van der Waals surface area contributed by atoms with Crippen LogP contribution in [0.3, 0.4) is 0 Å². The number of rotatable bonds is 8. The Kier molecular flexibility index (Phi) is 9.10. The number of anilines is 1. The van der Waals surface area contributed by atoms with Gasteiger partial charge in [0.25, 0.3) is 0 Å². The fourth-order valence-corrected chi connectivity index (χ4v) is 12.4. The second kappa shape index (κ2) is 13.1. The molecule has 1 heterocycles. The van der Waals surface area contributed by atoms with Gasteiger partial charge in [0.15, 0.2) is 0 Å². The molecule has 5 aliphatic rings. The molecule has 7 rings (SSSR count). The molecule has 1 saturated heterocycles. The number of hydrogen-bond donors (Lipinski definition) is 1. The second-order valence-electron chi connectivity index (χ2n) is 16.8. The highest BCUT2D eigenvalue weighted by Gasteiger charge is 2.60. The molecule has 0 bridgehead atoms. The van der Waals surface area contributed by atoms with Crippen molar-refractivity contribution in [3.05, 3.63) is 66.2 Å². The summed E-state index contributed by atoms with van der Waals surface area (Å²) < 4.78 is 0. The van der Waals surface area contributed by atoms with Crippen LogP contribution in [-0.4, -0.2) is 24.5 Å². The minimum Gasteiger partial charge on any atom is -0.368 e. The van der Waals surface area contributed by atoms with E-state index in [1.54, 1.807) is 0 Å². The molecule has 10 atom stereocenters. The number of carbonyl (C=O) groups excluding carboxylic acids is 1. The second-order valence-corrected chi connectivity index (χ2v) is 16.8. The summed E-state index contributed by atoms with van der Waals surface area (Å²) in [7, 11) is 0. The van der Waals surface area contributed by atoms with E-state index in [9.17, 15) is 4.79 Å². The van der Waals surface area contributed by atoms with Gasteiger partial charge in [-0.15, -0.1) is 0 Å². The zero-order chi connectivity index (χ0) is 31.0. The maximum absolute atomic E-state index is 13.4. The summed E-state index contributed by atoms with van der Waals surface area (Å²) in [5.41, 5.74) is 3.80. The van der Waals surface area contributed by atoms with Crippen molar-refractivity contribution in [1.29, 1.82) is 0 Å². The fourth-order valence-electron chi connectivity index (χ4n) is 12.4. The molecule has 3 unspecified atom stereocenters. The summed E-state index contributed by atoms with van der Waals surface area (Å²) in [6.45, 7) is 8.88. The average molecular weight is 609 g/mol. The highest BCUT2D eigenvalue weighted by molar-refractivity contribution is 5.76. The zero-order valence-electron chi connectivity index (χ0n) is 28.6. The number of carbonyl (C=O) groups is 1. The Morgan fingerprint density at radius 3 is 2.40 bits per heavy atom. The Bertz CT molecular complexity index is 1280. The van der Waals surface area contributed by atoms with Crippen molar-refractivity contribution in [3.8, 4) is 0 Å². The van der Waals surface area contributed by atoms with Crippen LogP contribution in [0.2, 0.25) is 0 Å². The van der Waals surface area contributed by atoms with Crippen LogP contribution in [0.15, 0.2) is 60.7 Å². The maximum atomic E-state index is 13.4. The average Bonchev–Trinajstić information content (AvgIpc) is 3.42. The van der Waals surface area contributed by atoms with Gasteiger partial charge in [-0.2, -0.15) is 0 Å². The van der Waals surface area contributed by atoms with E-state index in [1.165, 1.54) is 75.5 Å². The number of para-hydroxylation sites is 1. The highest BCUT2D eigenvalue weighted by Crippen LogP contribution is 2.68.